The molecule has 1 spiro atoms. The molecular weight excluding hydrogens is 344 g/mol. The molecule has 4 nitrogen and oxygen atoms in total. The number of benzene rings is 1. The Kier molecular flexibility index (Phi) is 5.38. The average Bonchev–Trinajstić information content (AvgIpc) is 3.03. The van der Waals surface area contributed by atoms with E-state index in [0.717, 1.165) is 43.8 Å². The van der Waals surface area contributed by atoms with Gasteiger partial charge in [0, 0.05) is 37.4 Å². The number of carbonyl (C=O) groups excluding carboxylic acids is 2. The molecule has 1 aromatic rings. The molecular formula is C21H30N2O2S. The summed E-state index contributed by atoms with van der Waals surface area (Å²) in [6.45, 7) is 10.8. The minimum atomic E-state index is -0.135. The summed E-state index contributed by atoms with van der Waals surface area (Å²) in [4.78, 5) is 29.0. The van der Waals surface area contributed by atoms with Crippen molar-refractivity contribution in [2.75, 3.05) is 25.4 Å². The second kappa shape index (κ2) is 7.26. The molecule has 0 saturated carbocycles. The van der Waals surface area contributed by atoms with Crippen LogP contribution >= 0.6 is 11.8 Å². The van der Waals surface area contributed by atoms with Crippen LogP contribution in [0.5, 0.6) is 0 Å². The highest BCUT2D eigenvalue weighted by molar-refractivity contribution is 8.00. The SMILES string of the molecule is CCC(=O)N1CCC2(CC1)SCCN2C(=O)c1ccc(C(C)(C)C)cc1. The van der Waals surface area contributed by atoms with Crippen LogP contribution in [0.1, 0.15) is 62.9 Å². The minimum absolute atomic E-state index is 0.0882. The van der Waals surface area contributed by atoms with Gasteiger partial charge in [-0.1, -0.05) is 39.8 Å². The van der Waals surface area contributed by atoms with Crippen LogP contribution in [0.2, 0.25) is 0 Å². The highest BCUT2D eigenvalue weighted by atomic mass is 32.2. The van der Waals surface area contributed by atoms with Crippen LogP contribution in [0.4, 0.5) is 0 Å². The molecule has 142 valence electrons. The van der Waals surface area contributed by atoms with Gasteiger partial charge in [0.05, 0.1) is 4.87 Å². The molecule has 5 heteroatoms. The lowest BCUT2D eigenvalue weighted by Gasteiger charge is -2.44. The van der Waals surface area contributed by atoms with E-state index in [1.54, 1.807) is 0 Å². The Morgan fingerprint density at radius 3 is 2.23 bits per heavy atom. The molecule has 0 aromatic heterocycles. The molecule has 1 aromatic carbocycles. The number of thioether (sulfide) groups is 1. The number of likely N-dealkylation sites (tertiary alicyclic amines) is 1. The average molecular weight is 375 g/mol. The van der Waals surface area contributed by atoms with E-state index in [1.807, 2.05) is 35.7 Å². The smallest absolute Gasteiger partial charge is 0.254 e. The Labute approximate surface area is 161 Å². The first-order valence-corrected chi connectivity index (χ1v) is 10.6. The number of hydrogen-bond acceptors (Lipinski definition) is 3. The molecule has 0 radical (unpaired) electrons. The lowest BCUT2D eigenvalue weighted by Crippen LogP contribution is -2.53. The van der Waals surface area contributed by atoms with Gasteiger partial charge in [0.25, 0.3) is 5.91 Å². The van der Waals surface area contributed by atoms with E-state index >= 15 is 0 Å². The lowest BCUT2D eigenvalue weighted by atomic mass is 9.86. The fourth-order valence-electron chi connectivity index (χ4n) is 3.91. The number of amides is 2. The number of carbonyl (C=O) groups is 2. The minimum Gasteiger partial charge on any atom is -0.342 e. The highest BCUT2D eigenvalue weighted by Crippen LogP contribution is 2.44. The monoisotopic (exact) mass is 374 g/mol. The van der Waals surface area contributed by atoms with Crippen molar-refractivity contribution in [2.45, 2.75) is 57.2 Å². The van der Waals surface area contributed by atoms with E-state index in [9.17, 15) is 9.59 Å². The predicted octanol–water partition coefficient (Wildman–Crippen LogP) is 3.90. The van der Waals surface area contributed by atoms with E-state index in [-0.39, 0.29) is 22.1 Å². The summed E-state index contributed by atoms with van der Waals surface area (Å²) in [5, 5.41) is 0. The third kappa shape index (κ3) is 3.64. The summed E-state index contributed by atoms with van der Waals surface area (Å²) < 4.78 is 0. The molecule has 2 fully saturated rings. The number of rotatable bonds is 2. The fraction of sp³-hybridized carbons (Fsp3) is 0.619. The van der Waals surface area contributed by atoms with Crippen LogP contribution in [0.15, 0.2) is 24.3 Å². The van der Waals surface area contributed by atoms with Gasteiger partial charge >= 0.3 is 0 Å². The Morgan fingerprint density at radius 2 is 1.69 bits per heavy atom. The van der Waals surface area contributed by atoms with Crippen LogP contribution in [-0.4, -0.2) is 51.9 Å². The summed E-state index contributed by atoms with van der Waals surface area (Å²) in [7, 11) is 0. The Hall–Kier alpha value is -1.49. The number of hydrogen-bond donors (Lipinski definition) is 0. The maximum Gasteiger partial charge on any atom is 0.254 e. The van der Waals surface area contributed by atoms with E-state index in [4.69, 9.17) is 0 Å². The largest absolute Gasteiger partial charge is 0.342 e. The van der Waals surface area contributed by atoms with Gasteiger partial charge in [0.2, 0.25) is 5.91 Å². The first kappa shape index (κ1) is 19.3. The zero-order valence-electron chi connectivity index (χ0n) is 16.4. The van der Waals surface area contributed by atoms with Crippen molar-refractivity contribution in [3.8, 4) is 0 Å². The van der Waals surface area contributed by atoms with Crippen LogP contribution in [0.3, 0.4) is 0 Å². The van der Waals surface area contributed by atoms with Gasteiger partial charge in [0.1, 0.15) is 0 Å². The number of piperidine rings is 1. The van der Waals surface area contributed by atoms with E-state index in [2.05, 4.69) is 37.8 Å². The maximum absolute atomic E-state index is 13.2. The van der Waals surface area contributed by atoms with Crippen LogP contribution in [0.25, 0.3) is 0 Å². The van der Waals surface area contributed by atoms with Crippen molar-refractivity contribution in [3.05, 3.63) is 35.4 Å². The summed E-state index contributed by atoms with van der Waals surface area (Å²) in [6, 6.07) is 8.09. The third-order valence-electron chi connectivity index (χ3n) is 5.62. The van der Waals surface area contributed by atoms with E-state index in [1.165, 1.54) is 5.56 Å². The number of nitrogens with zero attached hydrogens (tertiary/aromatic N) is 2. The fourth-order valence-corrected chi connectivity index (χ4v) is 5.36. The Morgan fingerprint density at radius 1 is 1.08 bits per heavy atom. The molecule has 2 heterocycles. The molecule has 0 bridgehead atoms. The quantitative estimate of drug-likeness (QED) is 0.788. The summed E-state index contributed by atoms with van der Waals surface area (Å²) >= 11 is 1.89. The molecule has 0 aliphatic carbocycles. The first-order valence-electron chi connectivity index (χ1n) is 9.61. The summed E-state index contributed by atoms with van der Waals surface area (Å²) in [5.74, 6) is 1.33. The van der Waals surface area contributed by atoms with E-state index in [0.29, 0.717) is 6.42 Å². The molecule has 0 unspecified atom stereocenters. The van der Waals surface area contributed by atoms with Crippen molar-refractivity contribution in [3.63, 3.8) is 0 Å². The molecule has 3 rings (SSSR count). The molecule has 0 N–H and O–H groups in total. The van der Waals surface area contributed by atoms with Crippen molar-refractivity contribution in [2.24, 2.45) is 0 Å². The van der Waals surface area contributed by atoms with Gasteiger partial charge in [-0.25, -0.2) is 0 Å². The molecule has 2 aliphatic heterocycles. The van der Waals surface area contributed by atoms with Gasteiger partial charge in [-0.2, -0.15) is 0 Å². The third-order valence-corrected chi connectivity index (χ3v) is 7.17. The second-order valence-electron chi connectivity index (χ2n) is 8.31. The maximum atomic E-state index is 13.2. The van der Waals surface area contributed by atoms with Crippen LogP contribution in [0, 0.1) is 0 Å². The van der Waals surface area contributed by atoms with Crippen molar-refractivity contribution in [1.29, 1.82) is 0 Å². The normalized spacial score (nSPS) is 19.8. The van der Waals surface area contributed by atoms with Crippen molar-refractivity contribution >= 4 is 23.6 Å². The van der Waals surface area contributed by atoms with Crippen molar-refractivity contribution < 1.29 is 9.59 Å². The standard InChI is InChI=1S/C21H30N2O2S/c1-5-18(24)22-12-10-21(11-13-22)23(14-15-26-21)19(25)16-6-8-17(9-7-16)20(2,3)4/h6-9H,5,10-15H2,1-4H3. The molecule has 26 heavy (non-hydrogen) atoms. The van der Waals surface area contributed by atoms with E-state index < -0.39 is 0 Å². The second-order valence-corrected chi connectivity index (χ2v) is 9.77. The van der Waals surface area contributed by atoms with Crippen LogP contribution < -0.4 is 0 Å². The van der Waals surface area contributed by atoms with Gasteiger partial charge in [0.15, 0.2) is 0 Å². The summed E-state index contributed by atoms with van der Waals surface area (Å²) in [6.07, 6.45) is 2.30. The van der Waals surface area contributed by atoms with Crippen molar-refractivity contribution in [1.82, 2.24) is 9.80 Å². The molecule has 2 saturated heterocycles. The highest BCUT2D eigenvalue weighted by Gasteiger charge is 2.46. The predicted molar refractivity (Wildman–Crippen MR) is 107 cm³/mol. The van der Waals surface area contributed by atoms with Crippen LogP contribution in [-0.2, 0) is 10.2 Å². The lowest BCUT2D eigenvalue weighted by molar-refractivity contribution is -0.132. The zero-order chi connectivity index (χ0) is 18.9. The van der Waals surface area contributed by atoms with Gasteiger partial charge in [-0.3, -0.25) is 9.59 Å². The molecule has 0 atom stereocenters. The molecule has 2 amide bonds. The molecule has 2 aliphatic rings. The zero-order valence-corrected chi connectivity index (χ0v) is 17.2. The Balaban J connectivity index is 1.74. The van der Waals surface area contributed by atoms with Gasteiger partial charge < -0.3 is 9.80 Å². The first-order chi connectivity index (χ1) is 12.3. The van der Waals surface area contributed by atoms with Gasteiger partial charge in [-0.05, 0) is 36.0 Å². The summed E-state index contributed by atoms with van der Waals surface area (Å²) in [5.41, 5.74) is 2.10. The Bertz CT molecular complexity index is 670. The topological polar surface area (TPSA) is 40.6 Å². The van der Waals surface area contributed by atoms with Gasteiger partial charge in [-0.15, -0.1) is 11.8 Å².